The van der Waals surface area contributed by atoms with E-state index in [9.17, 15) is 4.79 Å². The summed E-state index contributed by atoms with van der Waals surface area (Å²) in [5.41, 5.74) is 0. The number of carbonyl (C=O) groups is 1. The molecule has 72 valence electrons. The molecule has 0 unspecified atom stereocenters. The van der Waals surface area contributed by atoms with E-state index in [4.69, 9.17) is 0 Å². The molecule has 1 amide bonds. The van der Waals surface area contributed by atoms with Crippen LogP contribution < -0.4 is 0 Å². The van der Waals surface area contributed by atoms with E-state index in [2.05, 4.69) is 4.98 Å². The number of imidazole rings is 1. The normalized spacial score (nSPS) is 10.0. The highest BCUT2D eigenvalue weighted by molar-refractivity contribution is 5.75. The second kappa shape index (κ2) is 4.64. The zero-order chi connectivity index (χ0) is 9.68. The average Bonchev–Trinajstić information content (AvgIpc) is 2.59. The summed E-state index contributed by atoms with van der Waals surface area (Å²) in [6.45, 7) is 5.89. The summed E-state index contributed by atoms with van der Waals surface area (Å²) in [5, 5.41) is 0. The maximum absolute atomic E-state index is 11.6. The lowest BCUT2D eigenvalue weighted by Gasteiger charge is -2.18. The predicted octanol–water partition coefficient (Wildman–Crippen LogP) is 0.751. The second-order valence-electron chi connectivity index (χ2n) is 2.80. The highest BCUT2D eigenvalue weighted by atomic mass is 16.2. The topological polar surface area (TPSA) is 38.1 Å². The van der Waals surface area contributed by atoms with E-state index in [-0.39, 0.29) is 5.91 Å². The van der Waals surface area contributed by atoms with Gasteiger partial charge in [0.05, 0.1) is 6.33 Å². The van der Waals surface area contributed by atoms with Gasteiger partial charge in [-0.1, -0.05) is 0 Å². The Balaban J connectivity index is 2.49. The smallest absolute Gasteiger partial charge is 0.242 e. The summed E-state index contributed by atoms with van der Waals surface area (Å²) in [6, 6.07) is 0. The highest BCUT2D eigenvalue weighted by Gasteiger charge is 2.08. The van der Waals surface area contributed by atoms with Crippen LogP contribution in [-0.2, 0) is 11.3 Å². The van der Waals surface area contributed by atoms with Gasteiger partial charge >= 0.3 is 0 Å². The third-order valence-corrected chi connectivity index (χ3v) is 1.99. The number of hydrogen-bond acceptors (Lipinski definition) is 2. The predicted molar refractivity (Wildman–Crippen MR) is 50.2 cm³/mol. The van der Waals surface area contributed by atoms with E-state index in [1.165, 1.54) is 0 Å². The largest absolute Gasteiger partial charge is 0.342 e. The number of nitrogens with zero attached hydrogens (tertiary/aromatic N) is 3. The fourth-order valence-corrected chi connectivity index (χ4v) is 1.21. The SMILES string of the molecule is CCN(CC)C(=O)Cn1ccnc1. The first-order valence-electron chi connectivity index (χ1n) is 4.51. The Morgan fingerprint density at radius 2 is 2.15 bits per heavy atom. The molecule has 0 radical (unpaired) electrons. The van der Waals surface area contributed by atoms with E-state index >= 15 is 0 Å². The molecule has 1 aromatic rings. The van der Waals surface area contributed by atoms with Crippen LogP contribution in [0, 0.1) is 0 Å². The summed E-state index contributed by atoms with van der Waals surface area (Å²) in [7, 11) is 0. The lowest BCUT2D eigenvalue weighted by Crippen LogP contribution is -2.33. The van der Waals surface area contributed by atoms with Crippen molar-refractivity contribution in [3.8, 4) is 0 Å². The fraction of sp³-hybridized carbons (Fsp3) is 0.556. The molecule has 0 spiro atoms. The summed E-state index contributed by atoms with van der Waals surface area (Å²) in [4.78, 5) is 17.2. The number of likely N-dealkylation sites (N-methyl/N-ethyl adjacent to an activating group) is 1. The number of carbonyl (C=O) groups excluding carboxylic acids is 1. The van der Waals surface area contributed by atoms with Gasteiger partial charge in [-0.25, -0.2) is 4.98 Å². The van der Waals surface area contributed by atoms with Gasteiger partial charge in [-0.2, -0.15) is 0 Å². The summed E-state index contributed by atoms with van der Waals surface area (Å²) >= 11 is 0. The Morgan fingerprint density at radius 3 is 2.62 bits per heavy atom. The van der Waals surface area contributed by atoms with E-state index in [1.807, 2.05) is 13.8 Å². The van der Waals surface area contributed by atoms with Crippen LogP contribution in [0.5, 0.6) is 0 Å². The Morgan fingerprint density at radius 1 is 1.46 bits per heavy atom. The van der Waals surface area contributed by atoms with Crippen LogP contribution in [0.15, 0.2) is 18.7 Å². The molecule has 1 rings (SSSR count). The number of rotatable bonds is 4. The molecular weight excluding hydrogens is 166 g/mol. The molecule has 0 aliphatic rings. The number of aromatic nitrogens is 2. The third-order valence-electron chi connectivity index (χ3n) is 1.99. The lowest BCUT2D eigenvalue weighted by atomic mass is 10.4. The lowest BCUT2D eigenvalue weighted by molar-refractivity contribution is -0.131. The van der Waals surface area contributed by atoms with Crippen molar-refractivity contribution in [3.63, 3.8) is 0 Å². The molecule has 0 bridgehead atoms. The minimum atomic E-state index is 0.142. The minimum absolute atomic E-state index is 0.142. The first-order chi connectivity index (χ1) is 6.27. The summed E-state index contributed by atoms with van der Waals surface area (Å²) in [6.07, 6.45) is 5.12. The van der Waals surface area contributed by atoms with Crippen molar-refractivity contribution < 1.29 is 4.79 Å². The molecule has 0 atom stereocenters. The van der Waals surface area contributed by atoms with E-state index in [0.717, 1.165) is 13.1 Å². The number of hydrogen-bond donors (Lipinski definition) is 0. The van der Waals surface area contributed by atoms with E-state index < -0.39 is 0 Å². The second-order valence-corrected chi connectivity index (χ2v) is 2.80. The first kappa shape index (κ1) is 9.77. The molecule has 0 aliphatic carbocycles. The molecule has 0 N–H and O–H groups in total. The van der Waals surface area contributed by atoms with Crippen LogP contribution in [0.1, 0.15) is 13.8 Å². The molecule has 13 heavy (non-hydrogen) atoms. The van der Waals surface area contributed by atoms with Gasteiger partial charge in [-0.05, 0) is 13.8 Å². The molecule has 4 nitrogen and oxygen atoms in total. The van der Waals surface area contributed by atoms with Crippen molar-refractivity contribution >= 4 is 5.91 Å². The van der Waals surface area contributed by atoms with Crippen LogP contribution >= 0.6 is 0 Å². The molecule has 0 aliphatic heterocycles. The van der Waals surface area contributed by atoms with Crippen molar-refractivity contribution in [2.75, 3.05) is 13.1 Å². The van der Waals surface area contributed by atoms with E-state index in [1.54, 1.807) is 28.2 Å². The van der Waals surface area contributed by atoms with Gasteiger partial charge < -0.3 is 9.47 Å². The average molecular weight is 181 g/mol. The maximum Gasteiger partial charge on any atom is 0.242 e. The molecular formula is C9H15N3O. The van der Waals surface area contributed by atoms with Gasteiger partial charge in [0, 0.05) is 25.5 Å². The monoisotopic (exact) mass is 181 g/mol. The molecule has 1 aromatic heterocycles. The van der Waals surface area contributed by atoms with Crippen molar-refractivity contribution in [2.24, 2.45) is 0 Å². The van der Waals surface area contributed by atoms with Gasteiger partial charge in [-0.15, -0.1) is 0 Å². The molecule has 0 fully saturated rings. The van der Waals surface area contributed by atoms with Crippen LogP contribution in [0.3, 0.4) is 0 Å². The van der Waals surface area contributed by atoms with Crippen LogP contribution in [0.25, 0.3) is 0 Å². The minimum Gasteiger partial charge on any atom is -0.342 e. The van der Waals surface area contributed by atoms with Crippen molar-refractivity contribution in [2.45, 2.75) is 20.4 Å². The summed E-state index contributed by atoms with van der Waals surface area (Å²) in [5.74, 6) is 0.142. The third kappa shape index (κ3) is 2.57. The Labute approximate surface area is 78.2 Å². The Bertz CT molecular complexity index is 252. The quantitative estimate of drug-likeness (QED) is 0.687. The van der Waals surface area contributed by atoms with Crippen molar-refractivity contribution in [1.29, 1.82) is 0 Å². The van der Waals surface area contributed by atoms with Crippen LogP contribution in [-0.4, -0.2) is 33.4 Å². The molecule has 0 saturated heterocycles. The zero-order valence-electron chi connectivity index (χ0n) is 8.10. The molecule has 1 heterocycles. The van der Waals surface area contributed by atoms with E-state index in [0.29, 0.717) is 6.54 Å². The van der Waals surface area contributed by atoms with Crippen LogP contribution in [0.4, 0.5) is 0 Å². The Hall–Kier alpha value is -1.32. The zero-order valence-corrected chi connectivity index (χ0v) is 8.10. The van der Waals surface area contributed by atoms with Crippen molar-refractivity contribution in [3.05, 3.63) is 18.7 Å². The van der Waals surface area contributed by atoms with Gasteiger partial charge in [0.15, 0.2) is 0 Å². The standard InChI is InChI=1S/C9H15N3O/c1-3-12(4-2)9(13)7-11-6-5-10-8-11/h5-6,8H,3-4,7H2,1-2H3. The van der Waals surface area contributed by atoms with Crippen molar-refractivity contribution in [1.82, 2.24) is 14.5 Å². The molecule has 0 saturated carbocycles. The van der Waals surface area contributed by atoms with Gasteiger partial charge in [-0.3, -0.25) is 4.79 Å². The summed E-state index contributed by atoms with van der Waals surface area (Å²) < 4.78 is 1.78. The Kier molecular flexibility index (Phi) is 3.49. The van der Waals surface area contributed by atoms with Gasteiger partial charge in [0.2, 0.25) is 5.91 Å². The molecule has 4 heteroatoms. The molecule has 0 aromatic carbocycles. The van der Waals surface area contributed by atoms with Gasteiger partial charge in [0.25, 0.3) is 0 Å². The van der Waals surface area contributed by atoms with Crippen LogP contribution in [0.2, 0.25) is 0 Å². The highest BCUT2D eigenvalue weighted by Crippen LogP contribution is 1.93. The maximum atomic E-state index is 11.6. The first-order valence-corrected chi connectivity index (χ1v) is 4.51. The number of amides is 1. The fourth-order valence-electron chi connectivity index (χ4n) is 1.21. The van der Waals surface area contributed by atoms with Gasteiger partial charge in [0.1, 0.15) is 6.54 Å².